The molecule has 18 nitrogen and oxygen atoms in total. The third-order valence-corrected chi connectivity index (χ3v) is 7.07. The molecule has 0 aliphatic carbocycles. The molecule has 0 radical (unpaired) electrons. The normalized spacial score (nSPS) is 20.1. The van der Waals surface area contributed by atoms with Crippen LogP contribution in [0.3, 0.4) is 0 Å². The fourth-order valence-electron chi connectivity index (χ4n) is 5.08. The van der Waals surface area contributed by atoms with Crippen molar-refractivity contribution in [3.63, 3.8) is 0 Å². The number of nitrogens with one attached hydrogen (secondary N) is 2. The Balaban J connectivity index is 2.29. The molecule has 55 heavy (non-hydrogen) atoms. The predicted molar refractivity (Wildman–Crippen MR) is 190 cm³/mol. The summed E-state index contributed by atoms with van der Waals surface area (Å²) in [7, 11) is 0. The number of carbonyl (C=O) groups is 8. The molecule has 18 heteroatoms. The van der Waals surface area contributed by atoms with E-state index in [0.717, 1.165) is 27.7 Å². The van der Waals surface area contributed by atoms with Crippen molar-refractivity contribution in [1.29, 1.82) is 0 Å². The number of rotatable bonds is 15. The van der Waals surface area contributed by atoms with Crippen LogP contribution in [0.4, 0.5) is 5.69 Å². The van der Waals surface area contributed by atoms with Gasteiger partial charge in [-0.2, -0.15) is 0 Å². The van der Waals surface area contributed by atoms with Gasteiger partial charge in [0, 0.05) is 39.8 Å². The zero-order valence-corrected chi connectivity index (χ0v) is 32.8. The van der Waals surface area contributed by atoms with Crippen molar-refractivity contribution in [2.45, 2.75) is 143 Å². The van der Waals surface area contributed by atoms with E-state index in [1.165, 1.54) is 24.3 Å². The smallest absolute Gasteiger partial charge is 0.397 e. The van der Waals surface area contributed by atoms with Gasteiger partial charge in [0.1, 0.15) is 35.7 Å². The molecule has 1 saturated heterocycles. The zero-order valence-electron chi connectivity index (χ0n) is 32.8. The highest BCUT2D eigenvalue weighted by Crippen LogP contribution is 2.31. The van der Waals surface area contributed by atoms with E-state index in [0.29, 0.717) is 12.8 Å². The molecule has 0 spiro atoms. The second kappa shape index (κ2) is 20.4. The lowest BCUT2D eigenvalue weighted by molar-refractivity contribution is -0.288. The average Bonchev–Trinajstić information content (AvgIpc) is 3.02. The van der Waals surface area contributed by atoms with Crippen LogP contribution in [-0.2, 0) is 71.5 Å². The van der Waals surface area contributed by atoms with Gasteiger partial charge in [0.05, 0.1) is 0 Å². The van der Waals surface area contributed by atoms with Crippen LogP contribution < -0.4 is 15.4 Å². The molecule has 6 atom stereocenters. The monoisotopic (exact) mass is 780 g/mol. The maximum atomic E-state index is 13.4. The molecule has 2 amide bonds. The summed E-state index contributed by atoms with van der Waals surface area (Å²) in [5.74, 6) is -6.39. The summed E-state index contributed by atoms with van der Waals surface area (Å²) in [5, 5.41) is 5.06. The van der Waals surface area contributed by atoms with Crippen LogP contribution in [0.5, 0.6) is 5.75 Å². The van der Waals surface area contributed by atoms with E-state index < -0.39 is 102 Å². The van der Waals surface area contributed by atoms with Gasteiger partial charge in [-0.3, -0.25) is 33.6 Å². The highest BCUT2D eigenvalue weighted by molar-refractivity contribution is 6.33. The van der Waals surface area contributed by atoms with Gasteiger partial charge < -0.3 is 48.5 Å². The van der Waals surface area contributed by atoms with Gasteiger partial charge in [-0.1, -0.05) is 6.42 Å². The first-order valence-electron chi connectivity index (χ1n) is 17.6. The van der Waals surface area contributed by atoms with Crippen molar-refractivity contribution >= 4 is 53.3 Å². The summed E-state index contributed by atoms with van der Waals surface area (Å²) in [6.45, 7) is 14.0. The van der Waals surface area contributed by atoms with Crippen LogP contribution in [0.15, 0.2) is 24.3 Å². The van der Waals surface area contributed by atoms with Crippen molar-refractivity contribution in [2.75, 3.05) is 11.9 Å². The number of unbranched alkanes of at least 4 members (excludes halogenated alkanes) is 1. The Kier molecular flexibility index (Phi) is 17.0. The molecule has 2 rings (SSSR count). The van der Waals surface area contributed by atoms with E-state index in [-0.39, 0.29) is 24.3 Å². The Morgan fingerprint density at radius 2 is 1.25 bits per heavy atom. The number of hydrogen-bond donors (Lipinski definition) is 2. The quantitative estimate of drug-likeness (QED) is 0.113. The molecule has 1 aliphatic heterocycles. The molecule has 0 unspecified atom stereocenters. The van der Waals surface area contributed by atoms with Crippen molar-refractivity contribution in [3.05, 3.63) is 24.3 Å². The minimum atomic E-state index is -1.49. The van der Waals surface area contributed by atoms with Crippen LogP contribution in [0, 0.1) is 0 Å². The van der Waals surface area contributed by atoms with Gasteiger partial charge in [-0.25, -0.2) is 4.79 Å². The van der Waals surface area contributed by atoms with E-state index in [9.17, 15) is 38.4 Å². The van der Waals surface area contributed by atoms with E-state index in [1.807, 2.05) is 0 Å². The molecular formula is C37H52N2O16. The summed E-state index contributed by atoms with van der Waals surface area (Å²) in [6, 6.07) is 4.51. The Hall–Kier alpha value is -5.26. The predicted octanol–water partition coefficient (Wildman–Crippen LogP) is 2.82. The Morgan fingerprint density at radius 1 is 0.709 bits per heavy atom. The molecule has 1 fully saturated rings. The first-order chi connectivity index (χ1) is 25.4. The fourth-order valence-corrected chi connectivity index (χ4v) is 5.08. The number of amides is 2. The van der Waals surface area contributed by atoms with Gasteiger partial charge >= 0.3 is 41.7 Å². The van der Waals surface area contributed by atoms with Gasteiger partial charge in [-0.05, 0) is 78.6 Å². The van der Waals surface area contributed by atoms with Gasteiger partial charge in [0.2, 0.25) is 18.3 Å². The van der Waals surface area contributed by atoms with Gasteiger partial charge in [0.25, 0.3) is 0 Å². The highest BCUT2D eigenvalue weighted by Gasteiger charge is 2.53. The average molecular weight is 781 g/mol. The molecule has 1 aromatic rings. The summed E-state index contributed by atoms with van der Waals surface area (Å²) in [5.41, 5.74) is -1.38. The van der Waals surface area contributed by atoms with Crippen molar-refractivity contribution < 1.29 is 76.3 Å². The molecule has 2 N–H and O–H groups in total. The minimum absolute atomic E-state index is 0.0628. The SMILES string of the molecule is CC(=O)OC[C@H]1O[C@@H](Oc2ccc(NC(=O)[C@H](CCCCC(=O)OC(C)(C)C)NC(=O)C(=O)OC(C)(C)C)cc2)[C@H](OC(C)=O)[C@@H](OC(C)=O)[C@@H]1OC(C)=O. The molecule has 306 valence electrons. The third-order valence-electron chi connectivity index (χ3n) is 7.07. The van der Waals surface area contributed by atoms with Crippen LogP contribution >= 0.6 is 0 Å². The maximum absolute atomic E-state index is 13.4. The second-order valence-corrected chi connectivity index (χ2v) is 14.6. The standard InChI is InChI=1S/C37H52N2O16/c1-20(40)48-19-27-29(49-21(2)41)30(50-22(3)42)31(51-23(4)43)35(53-27)52-25-17-15-24(16-18-25)38-32(45)26(39-33(46)34(47)55-37(8,9)10)13-11-12-14-28(44)54-36(5,6)7/h15-18,26-27,29-31,35H,11-14,19H2,1-10H3,(H,38,45)(H,39,46)/t26-,27+,29+,30-,31+,35+/m0/s1. The summed E-state index contributed by atoms with van der Waals surface area (Å²) < 4.78 is 43.6. The Bertz CT molecular complexity index is 1550. The summed E-state index contributed by atoms with van der Waals surface area (Å²) in [4.78, 5) is 98.5. The van der Waals surface area contributed by atoms with E-state index >= 15 is 0 Å². The first kappa shape index (κ1) is 45.9. The van der Waals surface area contributed by atoms with Gasteiger partial charge in [-0.15, -0.1) is 0 Å². The number of esters is 6. The lowest BCUT2D eigenvalue weighted by Crippen LogP contribution is -2.63. The molecule has 1 aliphatic rings. The van der Waals surface area contributed by atoms with E-state index in [4.69, 9.17) is 37.9 Å². The fraction of sp³-hybridized carbons (Fsp3) is 0.622. The second-order valence-electron chi connectivity index (χ2n) is 14.6. The van der Waals surface area contributed by atoms with Crippen LogP contribution in [0.1, 0.15) is 94.9 Å². The van der Waals surface area contributed by atoms with E-state index in [2.05, 4.69) is 10.6 Å². The lowest BCUT2D eigenvalue weighted by atomic mass is 9.98. The maximum Gasteiger partial charge on any atom is 0.397 e. The van der Waals surface area contributed by atoms with E-state index in [1.54, 1.807) is 41.5 Å². The van der Waals surface area contributed by atoms with Crippen LogP contribution in [-0.4, -0.2) is 102 Å². The summed E-state index contributed by atoms with van der Waals surface area (Å²) >= 11 is 0. The molecule has 1 aromatic carbocycles. The highest BCUT2D eigenvalue weighted by atomic mass is 16.7. The number of anilines is 1. The number of hydrogen-bond acceptors (Lipinski definition) is 16. The van der Waals surface area contributed by atoms with Crippen molar-refractivity contribution in [1.82, 2.24) is 5.32 Å². The van der Waals surface area contributed by atoms with Crippen molar-refractivity contribution in [2.24, 2.45) is 0 Å². The van der Waals surface area contributed by atoms with Crippen LogP contribution in [0.2, 0.25) is 0 Å². The number of benzene rings is 1. The Morgan fingerprint density at radius 3 is 1.78 bits per heavy atom. The van der Waals surface area contributed by atoms with Crippen LogP contribution in [0.25, 0.3) is 0 Å². The minimum Gasteiger partial charge on any atom is -0.463 e. The van der Waals surface area contributed by atoms with Crippen molar-refractivity contribution in [3.8, 4) is 5.75 Å². The summed E-state index contributed by atoms with van der Waals surface area (Å²) in [6.07, 6.45) is -6.22. The molecule has 0 aromatic heterocycles. The number of ether oxygens (including phenoxy) is 8. The first-order valence-corrected chi connectivity index (χ1v) is 17.6. The third kappa shape index (κ3) is 17.2. The molecular weight excluding hydrogens is 728 g/mol. The number of carbonyl (C=O) groups excluding carboxylic acids is 8. The molecule has 1 heterocycles. The lowest BCUT2D eigenvalue weighted by Gasteiger charge is -2.43. The molecule has 0 bridgehead atoms. The Labute approximate surface area is 319 Å². The zero-order chi connectivity index (χ0) is 41.7. The van der Waals surface area contributed by atoms with Gasteiger partial charge in [0.15, 0.2) is 12.2 Å². The molecule has 0 saturated carbocycles. The topological polar surface area (TPSA) is 234 Å². The largest absolute Gasteiger partial charge is 0.463 e.